The van der Waals surface area contributed by atoms with Crippen LogP contribution in [-0.2, 0) is 0 Å². The van der Waals surface area contributed by atoms with Gasteiger partial charge >= 0.3 is 0 Å². The zero-order valence-electron chi connectivity index (χ0n) is 11.0. The fraction of sp³-hybridized carbons (Fsp3) is 0.267. The molecular weight excluding hydrogens is 240 g/mol. The molecule has 19 heavy (non-hydrogen) atoms. The number of phenols is 2. The molecule has 100 valence electrons. The van der Waals surface area contributed by atoms with Gasteiger partial charge in [-0.15, -0.1) is 0 Å². The fourth-order valence-electron chi connectivity index (χ4n) is 2.08. The van der Waals surface area contributed by atoms with E-state index in [2.05, 4.69) is 10.3 Å². The molecule has 0 aliphatic carbocycles. The van der Waals surface area contributed by atoms with E-state index in [1.54, 1.807) is 18.3 Å². The van der Waals surface area contributed by atoms with Crippen LogP contribution in [-0.4, -0.2) is 15.2 Å². The molecule has 0 radical (unpaired) electrons. The Labute approximate surface area is 112 Å². The third-order valence-electron chi connectivity index (χ3n) is 3.11. The van der Waals surface area contributed by atoms with Gasteiger partial charge in [-0.1, -0.05) is 12.1 Å². The van der Waals surface area contributed by atoms with Crippen molar-refractivity contribution in [3.8, 4) is 11.5 Å². The van der Waals surface area contributed by atoms with Crippen molar-refractivity contribution in [3.63, 3.8) is 0 Å². The van der Waals surface area contributed by atoms with Crippen molar-refractivity contribution >= 4 is 0 Å². The molecule has 0 spiro atoms. The number of phenolic OH excluding ortho intramolecular Hbond substituents is 2. The topological polar surface area (TPSA) is 65.4 Å². The Morgan fingerprint density at radius 2 is 1.84 bits per heavy atom. The number of hydrogen-bond donors (Lipinski definition) is 3. The van der Waals surface area contributed by atoms with E-state index in [0.29, 0.717) is 0 Å². The van der Waals surface area contributed by atoms with Crippen LogP contribution in [0.3, 0.4) is 0 Å². The molecule has 0 aliphatic rings. The lowest BCUT2D eigenvalue weighted by Crippen LogP contribution is -2.23. The van der Waals surface area contributed by atoms with Gasteiger partial charge in [0.2, 0.25) is 0 Å². The maximum absolute atomic E-state index is 9.83. The first-order valence-electron chi connectivity index (χ1n) is 6.27. The molecule has 0 bridgehead atoms. The maximum Gasteiger partial charge on any atom is 0.124 e. The van der Waals surface area contributed by atoms with Crippen LogP contribution < -0.4 is 5.32 Å². The van der Waals surface area contributed by atoms with E-state index in [0.717, 1.165) is 11.3 Å². The lowest BCUT2D eigenvalue weighted by atomic mass is 10.1. The number of aromatic hydroxyl groups is 2. The molecule has 2 atom stereocenters. The highest BCUT2D eigenvalue weighted by Gasteiger charge is 2.14. The summed E-state index contributed by atoms with van der Waals surface area (Å²) in [5, 5.41) is 22.5. The van der Waals surface area contributed by atoms with Crippen molar-refractivity contribution in [2.24, 2.45) is 0 Å². The Bertz CT molecular complexity index is 543. The van der Waals surface area contributed by atoms with Gasteiger partial charge in [-0.2, -0.15) is 0 Å². The first-order chi connectivity index (χ1) is 9.08. The summed E-state index contributed by atoms with van der Waals surface area (Å²) >= 11 is 0. The van der Waals surface area contributed by atoms with Gasteiger partial charge in [0.05, 0.1) is 5.69 Å². The zero-order valence-corrected chi connectivity index (χ0v) is 11.0. The minimum atomic E-state index is -0.0439. The molecule has 2 aromatic rings. The Hall–Kier alpha value is -2.07. The molecule has 1 aromatic carbocycles. The van der Waals surface area contributed by atoms with Crippen LogP contribution in [0.15, 0.2) is 42.6 Å². The molecule has 2 rings (SSSR count). The summed E-state index contributed by atoms with van der Waals surface area (Å²) in [6, 6.07) is 10.4. The van der Waals surface area contributed by atoms with E-state index in [9.17, 15) is 10.2 Å². The Kier molecular flexibility index (Phi) is 4.02. The third-order valence-corrected chi connectivity index (χ3v) is 3.11. The van der Waals surface area contributed by atoms with Gasteiger partial charge in [0.15, 0.2) is 0 Å². The van der Waals surface area contributed by atoms with Gasteiger partial charge in [0, 0.05) is 29.9 Å². The molecule has 1 heterocycles. The van der Waals surface area contributed by atoms with Crippen LogP contribution in [0, 0.1) is 0 Å². The van der Waals surface area contributed by atoms with Gasteiger partial charge in [-0.25, -0.2) is 0 Å². The maximum atomic E-state index is 9.83. The van der Waals surface area contributed by atoms with Crippen LogP contribution in [0.1, 0.15) is 37.2 Å². The van der Waals surface area contributed by atoms with Crippen molar-refractivity contribution in [1.29, 1.82) is 0 Å². The van der Waals surface area contributed by atoms with E-state index in [-0.39, 0.29) is 23.6 Å². The first kappa shape index (κ1) is 13.4. The molecule has 0 saturated heterocycles. The number of pyridine rings is 1. The van der Waals surface area contributed by atoms with Crippen LogP contribution in [0.2, 0.25) is 0 Å². The number of hydrogen-bond acceptors (Lipinski definition) is 4. The summed E-state index contributed by atoms with van der Waals surface area (Å²) in [5.74, 6) is 0.152. The molecule has 4 nitrogen and oxygen atoms in total. The van der Waals surface area contributed by atoms with Crippen molar-refractivity contribution in [2.75, 3.05) is 0 Å². The number of aromatic nitrogens is 1. The van der Waals surface area contributed by atoms with Crippen molar-refractivity contribution in [1.82, 2.24) is 10.3 Å². The number of nitrogens with zero attached hydrogens (tertiary/aromatic N) is 1. The molecule has 4 heteroatoms. The van der Waals surface area contributed by atoms with E-state index in [1.807, 2.05) is 32.0 Å². The van der Waals surface area contributed by atoms with Crippen LogP contribution >= 0.6 is 0 Å². The molecular formula is C15H18N2O2. The average molecular weight is 258 g/mol. The van der Waals surface area contributed by atoms with E-state index < -0.39 is 0 Å². The van der Waals surface area contributed by atoms with Crippen molar-refractivity contribution in [3.05, 3.63) is 53.9 Å². The van der Waals surface area contributed by atoms with Gasteiger partial charge in [0.1, 0.15) is 11.5 Å². The molecule has 3 N–H and O–H groups in total. The smallest absolute Gasteiger partial charge is 0.124 e. The number of benzene rings is 1. The third kappa shape index (κ3) is 3.23. The Balaban J connectivity index is 2.10. The highest BCUT2D eigenvalue weighted by molar-refractivity contribution is 5.40. The second-order valence-electron chi connectivity index (χ2n) is 4.61. The lowest BCUT2D eigenvalue weighted by Gasteiger charge is -2.20. The summed E-state index contributed by atoms with van der Waals surface area (Å²) < 4.78 is 0. The minimum Gasteiger partial charge on any atom is -0.508 e. The van der Waals surface area contributed by atoms with Gasteiger partial charge in [-0.05, 0) is 32.0 Å². The summed E-state index contributed by atoms with van der Waals surface area (Å²) in [7, 11) is 0. The molecule has 1 unspecified atom stereocenters. The molecule has 0 amide bonds. The largest absolute Gasteiger partial charge is 0.508 e. The highest BCUT2D eigenvalue weighted by Crippen LogP contribution is 2.29. The SMILES string of the molecule is CC(N[C@@H](C)c1ccccn1)c1ccc(O)cc1O. The summed E-state index contributed by atoms with van der Waals surface area (Å²) in [6.07, 6.45) is 1.76. The summed E-state index contributed by atoms with van der Waals surface area (Å²) in [6.45, 7) is 3.99. The molecule has 1 aromatic heterocycles. The number of rotatable bonds is 4. The van der Waals surface area contributed by atoms with E-state index in [4.69, 9.17) is 0 Å². The van der Waals surface area contributed by atoms with Gasteiger partial charge in [-0.3, -0.25) is 4.98 Å². The summed E-state index contributed by atoms with van der Waals surface area (Å²) in [4.78, 5) is 4.30. The van der Waals surface area contributed by atoms with E-state index >= 15 is 0 Å². The lowest BCUT2D eigenvalue weighted by molar-refractivity contribution is 0.425. The standard InChI is InChI=1S/C15H18N2O2/c1-10(13-7-6-12(18)9-15(13)19)17-11(2)14-5-3-4-8-16-14/h3-11,17-19H,1-2H3/t10?,11-/m0/s1. The first-order valence-corrected chi connectivity index (χ1v) is 6.27. The normalized spacial score (nSPS) is 14.0. The van der Waals surface area contributed by atoms with Crippen LogP contribution in [0.25, 0.3) is 0 Å². The number of nitrogens with one attached hydrogen (secondary N) is 1. The highest BCUT2D eigenvalue weighted by atomic mass is 16.3. The second-order valence-corrected chi connectivity index (χ2v) is 4.61. The van der Waals surface area contributed by atoms with Crippen LogP contribution in [0.5, 0.6) is 11.5 Å². The van der Waals surface area contributed by atoms with Gasteiger partial charge < -0.3 is 15.5 Å². The minimum absolute atomic E-state index is 0.0439. The Morgan fingerprint density at radius 1 is 1.05 bits per heavy atom. The predicted molar refractivity (Wildman–Crippen MR) is 74.0 cm³/mol. The molecule has 0 saturated carbocycles. The predicted octanol–water partition coefficient (Wildman–Crippen LogP) is 2.90. The van der Waals surface area contributed by atoms with Gasteiger partial charge in [0.25, 0.3) is 0 Å². The molecule has 0 fully saturated rings. The zero-order chi connectivity index (χ0) is 13.8. The quantitative estimate of drug-likeness (QED) is 0.789. The van der Waals surface area contributed by atoms with E-state index in [1.165, 1.54) is 6.07 Å². The molecule has 0 aliphatic heterocycles. The van der Waals surface area contributed by atoms with Crippen LogP contribution in [0.4, 0.5) is 0 Å². The average Bonchev–Trinajstić information content (AvgIpc) is 2.39. The summed E-state index contributed by atoms with van der Waals surface area (Å²) in [5.41, 5.74) is 1.70. The monoisotopic (exact) mass is 258 g/mol. The Morgan fingerprint density at radius 3 is 2.47 bits per heavy atom. The second kappa shape index (κ2) is 5.71. The van der Waals surface area contributed by atoms with Crippen molar-refractivity contribution in [2.45, 2.75) is 25.9 Å². The van der Waals surface area contributed by atoms with Crippen molar-refractivity contribution < 1.29 is 10.2 Å². The fourth-order valence-corrected chi connectivity index (χ4v) is 2.08.